The molecule has 4 heteroatoms. The summed E-state index contributed by atoms with van der Waals surface area (Å²) in [7, 11) is -0.567. The van der Waals surface area contributed by atoms with Crippen LogP contribution in [0.2, 0.25) is 6.82 Å². The van der Waals surface area contributed by atoms with Crippen LogP contribution in [0.5, 0.6) is 0 Å². The van der Waals surface area contributed by atoms with Crippen molar-refractivity contribution in [2.45, 2.75) is 19.7 Å². The minimum Gasteiger partial charge on any atom is -0.437 e. The predicted octanol–water partition coefficient (Wildman–Crippen LogP) is -0.335. The monoisotopic (exact) mass is 141 g/mol. The van der Waals surface area contributed by atoms with E-state index in [1.165, 1.54) is 0 Å². The fourth-order valence-corrected chi connectivity index (χ4v) is 0.798. The standard InChI is InChI=1S/C6H12BNO2/c1-7(10)8-4-6(9)5-2-3-5/h5,8,10H,2-4H2,1H3. The Balaban J connectivity index is 2.06. The van der Waals surface area contributed by atoms with E-state index in [4.69, 9.17) is 5.02 Å². The third-order valence-electron chi connectivity index (χ3n) is 1.60. The predicted molar refractivity (Wildman–Crippen MR) is 39.6 cm³/mol. The van der Waals surface area contributed by atoms with E-state index in [-0.39, 0.29) is 5.78 Å². The van der Waals surface area contributed by atoms with Crippen LogP contribution in [0, 0.1) is 5.92 Å². The van der Waals surface area contributed by atoms with Gasteiger partial charge in [0.15, 0.2) is 0 Å². The van der Waals surface area contributed by atoms with Gasteiger partial charge in [0, 0.05) is 12.5 Å². The summed E-state index contributed by atoms with van der Waals surface area (Å²) in [5.41, 5.74) is 0. The van der Waals surface area contributed by atoms with Gasteiger partial charge in [-0.25, -0.2) is 0 Å². The van der Waals surface area contributed by atoms with E-state index in [2.05, 4.69) is 5.23 Å². The molecule has 0 saturated heterocycles. The smallest absolute Gasteiger partial charge is 0.373 e. The molecule has 0 spiro atoms. The average Bonchev–Trinajstić information content (AvgIpc) is 2.63. The van der Waals surface area contributed by atoms with Crippen LogP contribution in [0.15, 0.2) is 0 Å². The summed E-state index contributed by atoms with van der Waals surface area (Å²) in [6.45, 7) is 1.93. The molecular weight excluding hydrogens is 129 g/mol. The lowest BCUT2D eigenvalue weighted by Gasteiger charge is -2.00. The summed E-state index contributed by atoms with van der Waals surface area (Å²) >= 11 is 0. The van der Waals surface area contributed by atoms with Crippen LogP contribution < -0.4 is 5.23 Å². The number of hydrogen-bond acceptors (Lipinski definition) is 3. The maximum atomic E-state index is 10.9. The average molecular weight is 141 g/mol. The minimum atomic E-state index is -0.567. The molecule has 56 valence electrons. The highest BCUT2D eigenvalue weighted by Gasteiger charge is 2.28. The van der Waals surface area contributed by atoms with Gasteiger partial charge >= 0.3 is 7.05 Å². The van der Waals surface area contributed by atoms with Gasteiger partial charge in [-0.05, 0) is 19.7 Å². The topological polar surface area (TPSA) is 49.3 Å². The lowest BCUT2D eigenvalue weighted by molar-refractivity contribution is -0.119. The van der Waals surface area contributed by atoms with Crippen molar-refractivity contribution in [2.24, 2.45) is 5.92 Å². The molecule has 1 rings (SSSR count). The van der Waals surface area contributed by atoms with Crippen molar-refractivity contribution in [3.05, 3.63) is 0 Å². The van der Waals surface area contributed by atoms with E-state index in [1.54, 1.807) is 6.82 Å². The van der Waals surface area contributed by atoms with Crippen molar-refractivity contribution in [1.29, 1.82) is 0 Å². The molecule has 0 unspecified atom stereocenters. The first kappa shape index (κ1) is 7.76. The minimum absolute atomic E-state index is 0.237. The SMILES string of the molecule is CB(O)NCC(=O)C1CC1. The fourth-order valence-electron chi connectivity index (χ4n) is 0.798. The number of Topliss-reactive ketones (excluding diaryl/α,β-unsaturated/α-hetero) is 1. The van der Waals surface area contributed by atoms with E-state index in [9.17, 15) is 4.79 Å². The first-order valence-corrected chi connectivity index (χ1v) is 3.64. The molecule has 0 aromatic heterocycles. The summed E-state index contributed by atoms with van der Waals surface area (Å²) in [5, 5.41) is 11.4. The number of ketones is 1. The molecule has 2 N–H and O–H groups in total. The number of rotatable bonds is 4. The molecule has 0 atom stereocenters. The Morgan fingerprint density at radius 3 is 2.80 bits per heavy atom. The zero-order valence-corrected chi connectivity index (χ0v) is 6.13. The third-order valence-corrected chi connectivity index (χ3v) is 1.60. The van der Waals surface area contributed by atoms with Gasteiger partial charge in [-0.3, -0.25) is 4.79 Å². The third kappa shape index (κ3) is 2.50. The molecule has 1 aliphatic carbocycles. The Morgan fingerprint density at radius 1 is 1.80 bits per heavy atom. The van der Waals surface area contributed by atoms with Crippen LogP contribution in [-0.4, -0.2) is 24.4 Å². The van der Waals surface area contributed by atoms with Gasteiger partial charge in [0.1, 0.15) is 5.78 Å². The summed E-state index contributed by atoms with van der Waals surface area (Å²) in [5.74, 6) is 0.534. The molecule has 0 aromatic rings. The van der Waals surface area contributed by atoms with Gasteiger partial charge in [-0.1, -0.05) is 0 Å². The second kappa shape index (κ2) is 3.17. The maximum absolute atomic E-state index is 10.9. The van der Waals surface area contributed by atoms with Crippen molar-refractivity contribution in [3.8, 4) is 0 Å². The molecule has 0 heterocycles. The Hall–Kier alpha value is -0.345. The molecule has 0 radical (unpaired) electrons. The van der Waals surface area contributed by atoms with Crippen LogP contribution in [0.1, 0.15) is 12.8 Å². The summed E-state index contributed by atoms with van der Waals surface area (Å²) in [6.07, 6.45) is 2.08. The van der Waals surface area contributed by atoms with Gasteiger partial charge < -0.3 is 10.3 Å². The van der Waals surface area contributed by atoms with Crippen molar-refractivity contribution < 1.29 is 9.82 Å². The molecule has 0 amide bonds. The highest BCUT2D eigenvalue weighted by molar-refractivity contribution is 6.45. The Morgan fingerprint density at radius 2 is 2.40 bits per heavy atom. The zero-order chi connectivity index (χ0) is 7.56. The van der Waals surface area contributed by atoms with Crippen LogP contribution in [0.25, 0.3) is 0 Å². The molecular formula is C6H12BNO2. The van der Waals surface area contributed by atoms with E-state index in [1.807, 2.05) is 0 Å². The van der Waals surface area contributed by atoms with Crippen molar-refractivity contribution in [1.82, 2.24) is 5.23 Å². The normalized spacial score (nSPS) is 17.0. The number of carbonyl (C=O) groups is 1. The highest BCUT2D eigenvalue weighted by atomic mass is 16.2. The largest absolute Gasteiger partial charge is 0.437 e. The summed E-state index contributed by atoms with van der Waals surface area (Å²) < 4.78 is 0. The van der Waals surface area contributed by atoms with Crippen LogP contribution in [0.3, 0.4) is 0 Å². The first-order chi connectivity index (χ1) is 4.70. The molecule has 1 saturated carbocycles. The molecule has 0 aromatic carbocycles. The van der Waals surface area contributed by atoms with E-state index < -0.39 is 7.05 Å². The Bertz CT molecular complexity index is 134. The van der Waals surface area contributed by atoms with Crippen molar-refractivity contribution in [3.63, 3.8) is 0 Å². The van der Waals surface area contributed by atoms with Gasteiger partial charge in [0.25, 0.3) is 0 Å². The number of nitrogens with one attached hydrogen (secondary N) is 1. The zero-order valence-electron chi connectivity index (χ0n) is 6.13. The van der Waals surface area contributed by atoms with E-state index in [0.29, 0.717) is 12.5 Å². The number of carbonyl (C=O) groups excluding carboxylic acids is 1. The lowest BCUT2D eigenvalue weighted by atomic mass is 9.89. The van der Waals surface area contributed by atoms with Crippen LogP contribution in [0.4, 0.5) is 0 Å². The van der Waals surface area contributed by atoms with Gasteiger partial charge in [0.2, 0.25) is 0 Å². The lowest BCUT2D eigenvalue weighted by Crippen LogP contribution is -2.35. The highest BCUT2D eigenvalue weighted by Crippen LogP contribution is 2.29. The quantitative estimate of drug-likeness (QED) is 0.526. The molecule has 3 nitrogen and oxygen atoms in total. The van der Waals surface area contributed by atoms with Crippen LogP contribution in [-0.2, 0) is 4.79 Å². The molecule has 1 fully saturated rings. The number of hydrogen-bond donors (Lipinski definition) is 2. The van der Waals surface area contributed by atoms with E-state index >= 15 is 0 Å². The molecule has 0 bridgehead atoms. The van der Waals surface area contributed by atoms with Crippen molar-refractivity contribution >= 4 is 12.8 Å². The van der Waals surface area contributed by atoms with Gasteiger partial charge in [-0.2, -0.15) is 0 Å². The maximum Gasteiger partial charge on any atom is 0.373 e. The fraction of sp³-hybridized carbons (Fsp3) is 0.833. The van der Waals surface area contributed by atoms with Crippen molar-refractivity contribution in [2.75, 3.05) is 6.54 Å². The summed E-state index contributed by atoms with van der Waals surface area (Å²) in [6, 6.07) is 0. The second-order valence-electron chi connectivity index (χ2n) is 2.80. The second-order valence-corrected chi connectivity index (χ2v) is 2.80. The molecule has 10 heavy (non-hydrogen) atoms. The molecule has 0 aliphatic heterocycles. The Labute approximate surface area is 60.9 Å². The van der Waals surface area contributed by atoms with Gasteiger partial charge in [-0.15, -0.1) is 0 Å². The summed E-state index contributed by atoms with van der Waals surface area (Å²) in [4.78, 5) is 10.9. The van der Waals surface area contributed by atoms with E-state index in [0.717, 1.165) is 12.8 Å². The van der Waals surface area contributed by atoms with Crippen LogP contribution >= 0.6 is 0 Å². The van der Waals surface area contributed by atoms with Gasteiger partial charge in [0.05, 0.1) is 0 Å². The Kier molecular flexibility index (Phi) is 2.46. The molecule has 1 aliphatic rings. The first-order valence-electron chi connectivity index (χ1n) is 3.64.